The Labute approximate surface area is 178 Å². The number of likely N-dealkylation sites (tertiary alicyclic amines) is 1. The van der Waals surface area contributed by atoms with Crippen molar-refractivity contribution in [1.82, 2.24) is 20.0 Å². The van der Waals surface area contributed by atoms with E-state index in [2.05, 4.69) is 10.4 Å². The van der Waals surface area contributed by atoms with Crippen molar-refractivity contribution in [2.24, 2.45) is 12.5 Å². The van der Waals surface area contributed by atoms with Crippen LogP contribution in [0.15, 0.2) is 42.6 Å². The van der Waals surface area contributed by atoms with Gasteiger partial charge in [0.15, 0.2) is 5.92 Å². The first kappa shape index (κ1) is 21.4. The monoisotopic (exact) mass is 434 g/mol. The summed E-state index contributed by atoms with van der Waals surface area (Å²) < 4.78 is 43.1. The van der Waals surface area contributed by atoms with E-state index in [0.717, 1.165) is 5.69 Å². The Morgan fingerprint density at radius 3 is 2.45 bits per heavy atom. The van der Waals surface area contributed by atoms with Gasteiger partial charge in [-0.1, -0.05) is 30.3 Å². The molecule has 6 nitrogen and oxygen atoms in total. The van der Waals surface area contributed by atoms with Gasteiger partial charge in [-0.05, 0) is 29.9 Å². The predicted octanol–water partition coefficient (Wildman–Crippen LogP) is 2.98. The SMILES string of the molecule is Cn1ccc(C2CNC(=O)CC23CCN(C(=O)[C@H](c2ccccc2)C(F)(F)F)CC3)n1. The van der Waals surface area contributed by atoms with Crippen molar-refractivity contribution in [3.63, 3.8) is 0 Å². The summed E-state index contributed by atoms with van der Waals surface area (Å²) in [5.41, 5.74) is 0.400. The second kappa shape index (κ2) is 8.01. The van der Waals surface area contributed by atoms with Crippen LogP contribution in [0.2, 0.25) is 0 Å². The third-order valence-electron chi connectivity index (χ3n) is 6.62. The molecule has 1 aromatic carbocycles. The molecule has 31 heavy (non-hydrogen) atoms. The zero-order valence-corrected chi connectivity index (χ0v) is 17.2. The molecule has 2 aromatic rings. The zero-order valence-electron chi connectivity index (χ0n) is 17.2. The lowest BCUT2D eigenvalue weighted by Crippen LogP contribution is -2.54. The number of alkyl halides is 3. The van der Waals surface area contributed by atoms with Gasteiger partial charge in [-0.25, -0.2) is 0 Å². The first-order chi connectivity index (χ1) is 14.7. The second-order valence-corrected chi connectivity index (χ2v) is 8.52. The van der Waals surface area contributed by atoms with Gasteiger partial charge < -0.3 is 10.2 Å². The van der Waals surface area contributed by atoms with Crippen LogP contribution in [-0.2, 0) is 16.6 Å². The Hall–Kier alpha value is -2.84. The molecule has 166 valence electrons. The van der Waals surface area contributed by atoms with Crippen LogP contribution in [-0.4, -0.2) is 52.3 Å². The summed E-state index contributed by atoms with van der Waals surface area (Å²) in [6, 6.07) is 9.22. The molecule has 1 aromatic heterocycles. The average molecular weight is 434 g/mol. The quantitative estimate of drug-likeness (QED) is 0.808. The van der Waals surface area contributed by atoms with Crippen LogP contribution < -0.4 is 5.32 Å². The minimum atomic E-state index is -4.67. The first-order valence-electron chi connectivity index (χ1n) is 10.4. The molecule has 1 spiro atoms. The highest BCUT2D eigenvalue weighted by molar-refractivity contribution is 5.85. The van der Waals surface area contributed by atoms with Gasteiger partial charge in [0.1, 0.15) is 0 Å². The Morgan fingerprint density at radius 1 is 1.19 bits per heavy atom. The molecular weight excluding hydrogens is 409 g/mol. The number of nitrogens with one attached hydrogen (secondary N) is 1. The van der Waals surface area contributed by atoms with Crippen molar-refractivity contribution in [2.75, 3.05) is 19.6 Å². The van der Waals surface area contributed by atoms with Crippen molar-refractivity contribution in [2.45, 2.75) is 37.3 Å². The van der Waals surface area contributed by atoms with Gasteiger partial charge >= 0.3 is 6.18 Å². The summed E-state index contributed by atoms with van der Waals surface area (Å²) in [7, 11) is 1.82. The third-order valence-corrected chi connectivity index (χ3v) is 6.62. The van der Waals surface area contributed by atoms with Gasteiger partial charge in [0.05, 0.1) is 5.69 Å². The molecule has 2 saturated heterocycles. The molecule has 2 fully saturated rings. The molecule has 2 aliphatic rings. The average Bonchev–Trinajstić information content (AvgIpc) is 3.14. The lowest BCUT2D eigenvalue weighted by atomic mass is 9.63. The van der Waals surface area contributed by atoms with E-state index < -0.39 is 23.4 Å². The summed E-state index contributed by atoms with van der Waals surface area (Å²) in [6.07, 6.45) is -1.61. The van der Waals surface area contributed by atoms with Gasteiger partial charge in [0.2, 0.25) is 11.8 Å². The number of halogens is 3. The topological polar surface area (TPSA) is 67.2 Å². The maximum atomic E-state index is 13.8. The minimum Gasteiger partial charge on any atom is -0.355 e. The summed E-state index contributed by atoms with van der Waals surface area (Å²) >= 11 is 0. The summed E-state index contributed by atoms with van der Waals surface area (Å²) in [6.45, 7) is 0.822. The summed E-state index contributed by atoms with van der Waals surface area (Å²) in [4.78, 5) is 26.4. The molecule has 0 aliphatic carbocycles. The van der Waals surface area contributed by atoms with E-state index in [1.807, 2.05) is 19.3 Å². The Kier molecular flexibility index (Phi) is 5.53. The van der Waals surface area contributed by atoms with Crippen LogP contribution in [0.1, 0.15) is 42.4 Å². The molecule has 9 heteroatoms. The van der Waals surface area contributed by atoms with Crippen LogP contribution in [0.3, 0.4) is 0 Å². The van der Waals surface area contributed by atoms with Gasteiger partial charge in [-0.2, -0.15) is 18.3 Å². The van der Waals surface area contributed by atoms with E-state index in [0.29, 0.717) is 19.4 Å². The third kappa shape index (κ3) is 4.18. The van der Waals surface area contributed by atoms with Gasteiger partial charge in [0, 0.05) is 45.2 Å². The molecule has 2 aliphatic heterocycles. The largest absolute Gasteiger partial charge is 0.404 e. The molecular formula is C22H25F3N4O2. The van der Waals surface area contributed by atoms with E-state index in [9.17, 15) is 22.8 Å². The molecule has 4 rings (SSSR count). The zero-order chi connectivity index (χ0) is 22.2. The number of nitrogens with zero attached hydrogens (tertiary/aromatic N) is 3. The van der Waals surface area contributed by atoms with E-state index in [4.69, 9.17) is 0 Å². The number of amides is 2. The van der Waals surface area contributed by atoms with Crippen molar-refractivity contribution < 1.29 is 22.8 Å². The van der Waals surface area contributed by atoms with Crippen LogP contribution in [0, 0.1) is 5.41 Å². The maximum absolute atomic E-state index is 13.8. The maximum Gasteiger partial charge on any atom is 0.404 e. The number of rotatable bonds is 3. The molecule has 1 N–H and O–H groups in total. The number of carbonyl (C=O) groups excluding carboxylic acids is 2. The highest BCUT2D eigenvalue weighted by Gasteiger charge is 2.51. The van der Waals surface area contributed by atoms with Crippen molar-refractivity contribution in [3.05, 3.63) is 53.9 Å². The highest BCUT2D eigenvalue weighted by atomic mass is 19.4. The summed E-state index contributed by atoms with van der Waals surface area (Å²) in [5.74, 6) is -3.20. The number of benzene rings is 1. The van der Waals surface area contributed by atoms with E-state index in [-0.39, 0.29) is 36.9 Å². The number of hydrogen-bond donors (Lipinski definition) is 1. The fourth-order valence-electron chi connectivity index (χ4n) is 4.97. The second-order valence-electron chi connectivity index (χ2n) is 8.52. The normalized spacial score (nSPS) is 22.3. The molecule has 1 unspecified atom stereocenters. The Balaban J connectivity index is 1.54. The molecule has 0 radical (unpaired) electrons. The van der Waals surface area contributed by atoms with Crippen molar-refractivity contribution in [3.8, 4) is 0 Å². The van der Waals surface area contributed by atoms with Crippen molar-refractivity contribution >= 4 is 11.8 Å². The smallest absolute Gasteiger partial charge is 0.355 e. The fraction of sp³-hybridized carbons (Fsp3) is 0.500. The van der Waals surface area contributed by atoms with Crippen LogP contribution in [0.25, 0.3) is 0 Å². The van der Waals surface area contributed by atoms with Gasteiger partial charge in [-0.15, -0.1) is 0 Å². The highest BCUT2D eigenvalue weighted by Crippen LogP contribution is 2.49. The molecule has 0 saturated carbocycles. The van der Waals surface area contributed by atoms with Crippen LogP contribution >= 0.6 is 0 Å². The number of hydrogen-bond acceptors (Lipinski definition) is 3. The fourth-order valence-corrected chi connectivity index (χ4v) is 4.97. The van der Waals surface area contributed by atoms with Gasteiger partial charge in [0.25, 0.3) is 0 Å². The standard InChI is InChI=1S/C22H25F3N4O2/c1-28-10-7-17(27-28)16-14-26-18(30)13-21(16)8-11-29(12-9-21)20(31)19(22(23,24)25)15-5-3-2-4-6-15/h2-7,10,16,19H,8-9,11-14H2,1H3,(H,26,30)/t16?,19-/m0/s1. The number of carbonyl (C=O) groups is 2. The first-order valence-corrected chi connectivity index (χ1v) is 10.4. The van der Waals surface area contributed by atoms with Crippen LogP contribution in [0.4, 0.5) is 13.2 Å². The Morgan fingerprint density at radius 2 is 1.87 bits per heavy atom. The van der Waals surface area contributed by atoms with E-state index >= 15 is 0 Å². The van der Waals surface area contributed by atoms with E-state index in [1.165, 1.54) is 29.2 Å². The Bertz CT molecular complexity index is 949. The molecule has 2 atom stereocenters. The number of piperidine rings is 2. The number of aryl methyl sites for hydroxylation is 1. The van der Waals surface area contributed by atoms with Gasteiger partial charge in [-0.3, -0.25) is 14.3 Å². The minimum absolute atomic E-state index is 0.0313. The van der Waals surface area contributed by atoms with E-state index in [1.54, 1.807) is 10.7 Å². The lowest BCUT2D eigenvalue weighted by Gasteiger charge is -2.48. The molecule has 2 amide bonds. The lowest BCUT2D eigenvalue weighted by molar-refractivity contribution is -0.173. The van der Waals surface area contributed by atoms with Crippen molar-refractivity contribution in [1.29, 1.82) is 0 Å². The predicted molar refractivity (Wildman–Crippen MR) is 107 cm³/mol. The number of aromatic nitrogens is 2. The molecule has 3 heterocycles. The summed E-state index contributed by atoms with van der Waals surface area (Å²) in [5, 5.41) is 7.39. The van der Waals surface area contributed by atoms with Crippen LogP contribution in [0.5, 0.6) is 0 Å². The molecule has 0 bridgehead atoms.